The van der Waals surface area contributed by atoms with Crippen molar-refractivity contribution in [3.63, 3.8) is 0 Å². The highest BCUT2D eigenvalue weighted by molar-refractivity contribution is 8.03. The van der Waals surface area contributed by atoms with Crippen molar-refractivity contribution in [3.05, 3.63) is 35.6 Å². The number of hydrogen-bond acceptors (Lipinski definition) is 6. The van der Waals surface area contributed by atoms with Gasteiger partial charge in [-0.3, -0.25) is 4.79 Å². The topological polar surface area (TPSA) is 46.1 Å². The van der Waals surface area contributed by atoms with Crippen LogP contribution in [-0.2, 0) is 11.3 Å². The van der Waals surface area contributed by atoms with E-state index in [0.29, 0.717) is 6.54 Å². The Morgan fingerprint density at radius 1 is 1.39 bits per heavy atom. The summed E-state index contributed by atoms with van der Waals surface area (Å²) in [6, 6.07) is 6.30. The van der Waals surface area contributed by atoms with E-state index in [1.165, 1.54) is 35.2 Å². The van der Waals surface area contributed by atoms with E-state index < -0.39 is 0 Å². The summed E-state index contributed by atoms with van der Waals surface area (Å²) in [6.45, 7) is 4.30. The Kier molecular flexibility index (Phi) is 6.86. The van der Waals surface area contributed by atoms with Crippen LogP contribution in [0.1, 0.15) is 19.4 Å². The number of nitrogens with zero attached hydrogens (tertiary/aromatic N) is 3. The number of carbonyl (C=O) groups is 1. The Balaban J connectivity index is 1.92. The van der Waals surface area contributed by atoms with Gasteiger partial charge in [0.15, 0.2) is 8.68 Å². The molecule has 0 spiro atoms. The van der Waals surface area contributed by atoms with Crippen LogP contribution in [0.5, 0.6) is 0 Å². The van der Waals surface area contributed by atoms with Crippen LogP contribution in [-0.4, -0.2) is 39.1 Å². The molecule has 0 N–H and O–H groups in total. The number of amides is 1. The molecule has 124 valence electrons. The highest BCUT2D eigenvalue weighted by atomic mass is 32.2. The molecule has 1 unspecified atom stereocenters. The Labute approximate surface area is 147 Å². The zero-order valence-electron chi connectivity index (χ0n) is 13.2. The van der Waals surface area contributed by atoms with E-state index in [9.17, 15) is 9.18 Å². The van der Waals surface area contributed by atoms with E-state index in [0.717, 1.165) is 20.0 Å². The molecule has 1 aromatic carbocycles. The number of halogens is 1. The van der Waals surface area contributed by atoms with Crippen molar-refractivity contribution >= 4 is 40.8 Å². The monoisotopic (exact) mass is 371 g/mol. The molecule has 1 atom stereocenters. The van der Waals surface area contributed by atoms with Crippen LogP contribution < -0.4 is 0 Å². The van der Waals surface area contributed by atoms with Crippen LogP contribution in [0, 0.1) is 5.82 Å². The van der Waals surface area contributed by atoms with Gasteiger partial charge in [-0.15, -0.1) is 10.2 Å². The summed E-state index contributed by atoms with van der Waals surface area (Å²) in [7, 11) is 1.72. The van der Waals surface area contributed by atoms with Crippen molar-refractivity contribution in [2.45, 2.75) is 34.3 Å². The van der Waals surface area contributed by atoms with Gasteiger partial charge < -0.3 is 4.90 Å². The average molecular weight is 372 g/mol. The molecule has 0 fully saturated rings. The van der Waals surface area contributed by atoms with Crippen molar-refractivity contribution in [3.8, 4) is 0 Å². The van der Waals surface area contributed by atoms with Crippen molar-refractivity contribution in [2.24, 2.45) is 0 Å². The van der Waals surface area contributed by atoms with Crippen LogP contribution in [0.2, 0.25) is 0 Å². The molecule has 1 amide bonds. The molecule has 0 radical (unpaired) electrons. The second-order valence-electron chi connectivity index (χ2n) is 4.85. The van der Waals surface area contributed by atoms with E-state index in [1.54, 1.807) is 29.8 Å². The molecule has 23 heavy (non-hydrogen) atoms. The molecule has 1 aromatic heterocycles. The van der Waals surface area contributed by atoms with Crippen molar-refractivity contribution in [1.29, 1.82) is 0 Å². The molecular formula is C15H18FN3OS3. The Morgan fingerprint density at radius 2 is 2.13 bits per heavy atom. The van der Waals surface area contributed by atoms with Gasteiger partial charge in [0.05, 0.1) is 5.25 Å². The van der Waals surface area contributed by atoms with Crippen LogP contribution in [0.15, 0.2) is 32.9 Å². The maximum atomic E-state index is 13.2. The summed E-state index contributed by atoms with van der Waals surface area (Å²) in [4.78, 5) is 14.0. The molecule has 2 rings (SSSR count). The predicted molar refractivity (Wildman–Crippen MR) is 94.5 cm³/mol. The third kappa shape index (κ3) is 5.47. The zero-order valence-corrected chi connectivity index (χ0v) is 15.6. The number of hydrogen-bond donors (Lipinski definition) is 0. The second kappa shape index (κ2) is 8.65. The highest BCUT2D eigenvalue weighted by Gasteiger charge is 2.21. The lowest BCUT2D eigenvalue weighted by Crippen LogP contribution is -2.32. The summed E-state index contributed by atoms with van der Waals surface area (Å²) in [5.74, 6) is 0.643. The Bertz CT molecular complexity index is 665. The first kappa shape index (κ1) is 18.2. The average Bonchev–Trinajstić information content (AvgIpc) is 2.94. The zero-order chi connectivity index (χ0) is 16.8. The molecule has 1 heterocycles. The summed E-state index contributed by atoms with van der Waals surface area (Å²) < 4.78 is 14.9. The van der Waals surface area contributed by atoms with Gasteiger partial charge in [-0.25, -0.2) is 4.39 Å². The van der Waals surface area contributed by atoms with Crippen molar-refractivity contribution < 1.29 is 9.18 Å². The van der Waals surface area contributed by atoms with Gasteiger partial charge in [0, 0.05) is 13.6 Å². The van der Waals surface area contributed by atoms with E-state index >= 15 is 0 Å². The number of thioether (sulfide) groups is 2. The fourth-order valence-corrected chi connectivity index (χ4v) is 5.10. The van der Waals surface area contributed by atoms with E-state index in [1.807, 2.05) is 13.0 Å². The molecule has 2 aromatic rings. The summed E-state index contributed by atoms with van der Waals surface area (Å²) in [5, 5.41) is 7.92. The second-order valence-corrected chi connectivity index (χ2v) is 8.93. The smallest absolute Gasteiger partial charge is 0.235 e. The van der Waals surface area contributed by atoms with Gasteiger partial charge in [-0.1, -0.05) is 53.9 Å². The first-order valence-corrected chi connectivity index (χ1v) is 9.80. The summed E-state index contributed by atoms with van der Waals surface area (Å²) in [6.07, 6.45) is 0. The molecule has 8 heteroatoms. The predicted octanol–water partition coefficient (Wildman–Crippen LogP) is 3.93. The first-order valence-electron chi connectivity index (χ1n) is 7.12. The van der Waals surface area contributed by atoms with E-state index in [4.69, 9.17) is 0 Å². The summed E-state index contributed by atoms with van der Waals surface area (Å²) >= 11 is 4.55. The molecule has 0 aliphatic carbocycles. The van der Waals surface area contributed by atoms with Gasteiger partial charge in [-0.05, 0) is 30.4 Å². The van der Waals surface area contributed by atoms with E-state index in [2.05, 4.69) is 17.1 Å². The maximum Gasteiger partial charge on any atom is 0.235 e. The SMILES string of the molecule is CCSc1nnc(SC(C)C(=O)N(C)Cc2cccc(F)c2)s1. The molecular weight excluding hydrogens is 353 g/mol. The standard InChI is InChI=1S/C15H18FN3OS3/c1-4-21-14-17-18-15(23-14)22-10(2)13(20)19(3)9-11-6-5-7-12(16)8-11/h5-8,10H,4,9H2,1-3H3. The quantitative estimate of drug-likeness (QED) is 0.690. The summed E-state index contributed by atoms with van der Waals surface area (Å²) in [5.41, 5.74) is 0.774. The molecule has 4 nitrogen and oxygen atoms in total. The lowest BCUT2D eigenvalue weighted by atomic mass is 10.2. The highest BCUT2D eigenvalue weighted by Crippen LogP contribution is 2.31. The number of rotatable bonds is 7. The van der Waals surface area contributed by atoms with Crippen molar-refractivity contribution in [1.82, 2.24) is 15.1 Å². The van der Waals surface area contributed by atoms with E-state index in [-0.39, 0.29) is 17.0 Å². The van der Waals surface area contributed by atoms with Gasteiger partial charge in [0.2, 0.25) is 5.91 Å². The largest absolute Gasteiger partial charge is 0.340 e. The van der Waals surface area contributed by atoms with Crippen LogP contribution in [0.3, 0.4) is 0 Å². The Hall–Kier alpha value is -1.12. The number of carbonyl (C=O) groups excluding carboxylic acids is 1. The third-order valence-corrected chi connectivity index (χ3v) is 6.08. The minimum Gasteiger partial charge on any atom is -0.340 e. The first-order chi connectivity index (χ1) is 11.0. The molecule has 0 saturated carbocycles. The van der Waals surface area contributed by atoms with Crippen LogP contribution in [0.4, 0.5) is 4.39 Å². The molecule has 0 bridgehead atoms. The number of aromatic nitrogens is 2. The van der Waals surface area contributed by atoms with Gasteiger partial charge >= 0.3 is 0 Å². The van der Waals surface area contributed by atoms with Crippen molar-refractivity contribution in [2.75, 3.05) is 12.8 Å². The third-order valence-electron chi connectivity index (χ3n) is 2.97. The lowest BCUT2D eigenvalue weighted by molar-refractivity contribution is -0.129. The minimum absolute atomic E-state index is 0.0147. The molecule has 0 aliphatic heterocycles. The van der Waals surface area contributed by atoms with Crippen LogP contribution in [0.25, 0.3) is 0 Å². The van der Waals surface area contributed by atoms with Gasteiger partial charge in [0.1, 0.15) is 5.82 Å². The lowest BCUT2D eigenvalue weighted by Gasteiger charge is -2.20. The van der Waals surface area contributed by atoms with Gasteiger partial charge in [-0.2, -0.15) is 0 Å². The molecule has 0 aliphatic rings. The normalized spacial score (nSPS) is 12.2. The van der Waals surface area contributed by atoms with Gasteiger partial charge in [0.25, 0.3) is 0 Å². The fourth-order valence-electron chi connectivity index (χ4n) is 1.93. The maximum absolute atomic E-state index is 13.2. The Morgan fingerprint density at radius 3 is 2.83 bits per heavy atom. The van der Waals surface area contributed by atoms with Crippen LogP contribution >= 0.6 is 34.9 Å². The number of benzene rings is 1. The fraction of sp³-hybridized carbons (Fsp3) is 0.400. The molecule has 0 saturated heterocycles. The minimum atomic E-state index is -0.291.